The summed E-state index contributed by atoms with van der Waals surface area (Å²) in [6.07, 6.45) is 26.8. The maximum Gasteiger partial charge on any atom is 0.198 e. The molecule has 0 saturated carbocycles. The Hall–Kier alpha value is -10.3. The molecule has 20 heteroatoms. The molecule has 20 nitrogen and oxygen atoms in total. The van der Waals surface area contributed by atoms with E-state index in [-0.39, 0.29) is 59.6 Å². The lowest BCUT2D eigenvalue weighted by Crippen LogP contribution is -2.37. The van der Waals surface area contributed by atoms with Crippen LogP contribution in [0.2, 0.25) is 0 Å². The van der Waals surface area contributed by atoms with Crippen molar-refractivity contribution >= 4 is 16.7 Å². The molecule has 122 heavy (non-hydrogen) atoms. The molecule has 0 spiro atoms. The van der Waals surface area contributed by atoms with Crippen molar-refractivity contribution in [3.05, 3.63) is 287 Å². The van der Waals surface area contributed by atoms with Crippen LogP contribution in [0, 0.1) is 19.1 Å². The van der Waals surface area contributed by atoms with E-state index in [0.29, 0.717) is 0 Å². The van der Waals surface area contributed by atoms with Crippen molar-refractivity contribution < 1.29 is 9.47 Å². The van der Waals surface area contributed by atoms with E-state index in [1.54, 1.807) is 55.8 Å². The second-order valence-corrected chi connectivity index (χ2v) is 41.8. The molecule has 0 aliphatic carbocycles. The summed E-state index contributed by atoms with van der Waals surface area (Å²) in [5.41, 5.74) is 15.3. The Balaban J connectivity index is 0.000000348. The fourth-order valence-electron chi connectivity index (χ4n) is 11.5. The smallest absolute Gasteiger partial charge is 0.198 e. The minimum absolute atomic E-state index is 0.0665. The Labute approximate surface area is 736 Å². The molecular weight excluding hydrogens is 1510 g/mol. The van der Waals surface area contributed by atoms with Gasteiger partial charge in [0, 0.05) is 202 Å². The first-order valence-corrected chi connectivity index (χ1v) is 42.6. The molecule has 0 radical (unpaired) electrons. The van der Waals surface area contributed by atoms with Crippen molar-refractivity contribution in [3.63, 3.8) is 0 Å². The third-order valence-corrected chi connectivity index (χ3v) is 18.7. The second kappa shape index (κ2) is 46.8. The van der Waals surface area contributed by atoms with Gasteiger partial charge >= 0.3 is 0 Å². The van der Waals surface area contributed by atoms with E-state index in [1.165, 1.54) is 45.2 Å². The minimum atomic E-state index is -0.0665. The first kappa shape index (κ1) is 106. The zero-order chi connectivity index (χ0) is 92.5. The van der Waals surface area contributed by atoms with Gasteiger partial charge in [-0.25, -0.2) is 29.9 Å². The Bertz CT molecular complexity index is 4590. The average Bonchev–Trinajstić information content (AvgIpc) is 1.63. The highest BCUT2D eigenvalue weighted by Crippen LogP contribution is 2.31. The van der Waals surface area contributed by atoms with E-state index in [2.05, 4.69) is 355 Å². The summed E-state index contributed by atoms with van der Waals surface area (Å²) >= 11 is 0. The maximum absolute atomic E-state index is 11.2. The summed E-state index contributed by atoms with van der Waals surface area (Å²) in [4.78, 5) is 48.3. The van der Waals surface area contributed by atoms with Gasteiger partial charge in [-0.2, -0.15) is 14.9 Å². The number of H-pyrrole nitrogens is 1. The summed E-state index contributed by atoms with van der Waals surface area (Å²) < 4.78 is 10.3. The van der Waals surface area contributed by atoms with Crippen molar-refractivity contribution in [2.75, 3.05) is 31.2 Å². The predicted molar refractivity (Wildman–Crippen MR) is 509 cm³/mol. The van der Waals surface area contributed by atoms with Crippen LogP contribution in [0.15, 0.2) is 208 Å². The van der Waals surface area contributed by atoms with Gasteiger partial charge in [0.2, 0.25) is 0 Å². The summed E-state index contributed by atoms with van der Waals surface area (Å²) in [6.45, 7) is 78.6. The van der Waals surface area contributed by atoms with Gasteiger partial charge in [0.25, 0.3) is 0 Å². The van der Waals surface area contributed by atoms with Crippen LogP contribution in [0.3, 0.4) is 0 Å². The van der Waals surface area contributed by atoms with E-state index >= 15 is 0 Å². The topological polar surface area (TPSA) is 233 Å². The molecule has 0 bridgehead atoms. The Morgan fingerprint density at radius 1 is 0.402 bits per heavy atom. The van der Waals surface area contributed by atoms with Crippen LogP contribution in [0.4, 0.5) is 5.82 Å². The van der Waals surface area contributed by atoms with Crippen LogP contribution in [0.25, 0.3) is 10.9 Å². The number of para-hydroxylation sites is 1. The zero-order valence-electron chi connectivity index (χ0n) is 81.9. The monoisotopic (exact) mass is 1660 g/mol. The number of hydrogen-bond acceptors (Lipinski definition) is 16. The first-order valence-electron chi connectivity index (χ1n) is 42.6. The number of nitrogens with zero attached hydrogens (tertiary/aromatic N) is 17. The largest absolute Gasteiger partial charge is 0.618 e. The van der Waals surface area contributed by atoms with E-state index in [9.17, 15) is 5.21 Å². The van der Waals surface area contributed by atoms with Crippen molar-refractivity contribution in [1.82, 2.24) is 79.4 Å². The third kappa shape index (κ3) is 39.2. The maximum atomic E-state index is 11.2. The summed E-state index contributed by atoms with van der Waals surface area (Å²) in [6, 6.07) is 38.1. The molecule has 664 valence electrons. The number of imidazole rings is 1. The Morgan fingerprint density at radius 3 is 1.33 bits per heavy atom. The number of fused-ring (bicyclic) bond motifs is 1. The minimum Gasteiger partial charge on any atom is -0.618 e. The van der Waals surface area contributed by atoms with Crippen LogP contribution >= 0.6 is 0 Å². The van der Waals surface area contributed by atoms with Gasteiger partial charge in [-0.3, -0.25) is 34.7 Å². The molecule has 11 aromatic heterocycles. The molecule has 1 aliphatic heterocycles. The highest BCUT2D eigenvalue weighted by atomic mass is 16.5. The number of ether oxygens (including phenoxy) is 1. The summed E-state index contributed by atoms with van der Waals surface area (Å²) in [5, 5.41) is 23.8. The van der Waals surface area contributed by atoms with Gasteiger partial charge < -0.3 is 19.4 Å². The molecule has 1 aliphatic rings. The number of benzene rings is 1. The molecule has 0 unspecified atom stereocenters. The van der Waals surface area contributed by atoms with Gasteiger partial charge in [-0.15, -0.1) is 0 Å². The van der Waals surface area contributed by atoms with Crippen molar-refractivity contribution in [3.8, 4) is 0 Å². The number of hydrogen-bond donors (Lipinski definition) is 1. The summed E-state index contributed by atoms with van der Waals surface area (Å²) in [5.74, 6) is 3.10. The Morgan fingerprint density at radius 2 is 0.959 bits per heavy atom. The molecule has 1 N–H and O–H groups in total. The molecule has 1 saturated heterocycles. The predicted octanol–water partition coefficient (Wildman–Crippen LogP) is 23.2. The lowest BCUT2D eigenvalue weighted by Gasteiger charge is -2.28. The van der Waals surface area contributed by atoms with Crippen molar-refractivity contribution in [2.24, 2.45) is 14.1 Å². The fraction of sp³-hybridized carbons (Fsp3) is 0.510. The van der Waals surface area contributed by atoms with Gasteiger partial charge in [0.05, 0.1) is 30.1 Å². The molecule has 1 fully saturated rings. The third-order valence-electron chi connectivity index (χ3n) is 18.7. The second-order valence-electron chi connectivity index (χ2n) is 41.8. The molecule has 0 amide bonds. The van der Waals surface area contributed by atoms with Crippen LogP contribution in [-0.2, 0) is 78.4 Å². The number of aromatic amines is 1. The van der Waals surface area contributed by atoms with E-state index < -0.39 is 0 Å². The van der Waals surface area contributed by atoms with Gasteiger partial charge in [0.1, 0.15) is 23.8 Å². The number of morpholine rings is 1. The lowest BCUT2D eigenvalue weighted by molar-refractivity contribution is -0.617. The van der Waals surface area contributed by atoms with Crippen LogP contribution in [0.5, 0.6) is 0 Å². The fourth-order valence-corrected chi connectivity index (χ4v) is 11.5. The van der Waals surface area contributed by atoms with Gasteiger partial charge in [0.15, 0.2) is 11.9 Å². The SMILES string of the molecule is CC(C)(C)c1ccc(N2CCOCC2)nc1.CC(C)(C)c1cccc[n+]1[O-].CC(C)(C)c1ccccn1.CC(C)(C)c1ccn[nH]1.CC(C)(C)c1ccncn1.CC(C)(C)c1cnccn1.CC(C)(C)c1ncccn1.Cc1cccc(C(C)(C)C)n1.Cc1ccncc1C(C)(C)C.Cn1ccnc1C(C)(C)C.Cn1nc(C(C)(C)C)c2ccccc21. The Kier molecular flexibility index (Phi) is 40.6. The molecule has 12 heterocycles. The normalized spacial score (nSPS) is 12.5. The number of pyridine rings is 5. The first-order chi connectivity index (χ1) is 56.1. The quantitative estimate of drug-likeness (QED) is 0.119. The van der Waals surface area contributed by atoms with Crippen LogP contribution in [0.1, 0.15) is 302 Å². The molecule has 1 aromatic carbocycles. The highest BCUT2D eigenvalue weighted by Gasteiger charge is 2.25. The van der Waals surface area contributed by atoms with Crippen LogP contribution < -0.4 is 9.63 Å². The molecular formula is C102H154N18O2. The van der Waals surface area contributed by atoms with Crippen molar-refractivity contribution in [1.29, 1.82) is 0 Å². The molecule has 12 aromatic rings. The highest BCUT2D eigenvalue weighted by molar-refractivity contribution is 5.82. The zero-order valence-corrected chi connectivity index (χ0v) is 81.9. The summed E-state index contributed by atoms with van der Waals surface area (Å²) in [7, 11) is 4.02. The van der Waals surface area contributed by atoms with Gasteiger partial charge in [-0.1, -0.05) is 265 Å². The standard InChI is InChI=1S/C13H20N2O.C12H16N2.2C10H15N.C9H13NO.C9H13N.C8H14N2.3C8H12N2.C7H12N2/c1-13(2,3)11-4-5-12(14-10-11)15-6-8-16-9-7-15;1-12(2,3)11-9-7-5-6-8-10(9)14(4)13-11;1-8-5-6-11-7-9(8)10(2,3)4;1-8-6-5-7-9(11-8)10(2,3)4;1-9(2,3)8-6-4-5-7-10(8)11;1-9(2,3)8-6-4-5-7-10-8;1-8(2,3)7-9-5-6-10(7)4;1-8(2,3)7-6-9-4-5-10-7;1-8(2,3)7-4-5-9-6-10-7;1-8(2,3)7-9-5-4-6-10-7;1-7(2,3)6-4-5-8-9-6/h4-5,10H,6-9H2,1-3H3;5-8H,1-4H3;2*5-7H,1-4H3;4-7H,1-3H3;4-7H,1-3H3;5-6H,1-4H3;3*4-6H,1-3H3;4-5H,1-3H3,(H,8,9). The molecule has 0 atom stereocenters. The van der Waals surface area contributed by atoms with Gasteiger partial charge in [-0.05, 0) is 108 Å². The number of aromatic nitrogens is 17. The van der Waals surface area contributed by atoms with E-state index in [4.69, 9.17) is 4.74 Å². The average molecular weight is 1660 g/mol. The lowest BCUT2D eigenvalue weighted by atomic mass is 9.86. The van der Waals surface area contributed by atoms with E-state index in [0.717, 1.165) is 82.7 Å². The van der Waals surface area contributed by atoms with Crippen LogP contribution in [-0.4, -0.2) is 106 Å². The number of rotatable bonds is 1. The van der Waals surface area contributed by atoms with E-state index in [1.807, 2.05) is 132 Å². The number of anilines is 1. The van der Waals surface area contributed by atoms with Crippen molar-refractivity contribution in [2.45, 2.75) is 302 Å². The number of aryl methyl sites for hydroxylation is 4. The molecule has 13 rings (SSSR count). The number of nitrogens with one attached hydrogen (secondary N) is 1.